The average Bonchev–Trinajstić information content (AvgIpc) is 2.01. The molecule has 0 aliphatic carbocycles. The summed E-state index contributed by atoms with van der Waals surface area (Å²) in [6.45, 7) is 14.3. The zero-order valence-electron chi connectivity index (χ0n) is 10.6. The van der Waals surface area contributed by atoms with Crippen molar-refractivity contribution in [3.63, 3.8) is 0 Å². The summed E-state index contributed by atoms with van der Waals surface area (Å²) in [7, 11) is 0. The van der Waals surface area contributed by atoms with E-state index in [1.54, 1.807) is 0 Å². The third-order valence-corrected chi connectivity index (χ3v) is 3.27. The number of piperidine rings is 1. The Bertz CT molecular complexity index is 167. The first-order valence-corrected chi connectivity index (χ1v) is 6.14. The zero-order valence-corrected chi connectivity index (χ0v) is 10.6. The van der Waals surface area contributed by atoms with Crippen LogP contribution in [-0.2, 0) is 0 Å². The maximum Gasteiger partial charge on any atom is 0.0125 e. The van der Waals surface area contributed by atoms with Crippen LogP contribution in [-0.4, -0.2) is 23.5 Å². The number of nitrogens with zero attached hydrogens (tertiary/aromatic N) is 1. The van der Waals surface area contributed by atoms with Gasteiger partial charge < -0.3 is 0 Å². The zero-order chi connectivity index (χ0) is 10.8. The molecule has 0 unspecified atom stereocenters. The second-order valence-electron chi connectivity index (χ2n) is 6.25. The minimum absolute atomic E-state index is 0.371. The van der Waals surface area contributed by atoms with Crippen LogP contribution in [0.5, 0.6) is 0 Å². The van der Waals surface area contributed by atoms with E-state index < -0.39 is 0 Å². The first-order chi connectivity index (χ1) is 6.39. The Hall–Kier alpha value is -0.0400. The summed E-state index contributed by atoms with van der Waals surface area (Å²) in [6.07, 6.45) is 4.26. The van der Waals surface area contributed by atoms with Crippen molar-refractivity contribution in [2.75, 3.05) is 13.1 Å². The van der Waals surface area contributed by atoms with Gasteiger partial charge in [0.15, 0.2) is 0 Å². The molecule has 1 aliphatic heterocycles. The molecule has 1 heterocycles. The summed E-state index contributed by atoms with van der Waals surface area (Å²) >= 11 is 0. The van der Waals surface area contributed by atoms with Crippen molar-refractivity contribution in [3.8, 4) is 0 Å². The topological polar surface area (TPSA) is 3.24 Å². The smallest absolute Gasteiger partial charge is 0.0125 e. The second-order valence-corrected chi connectivity index (χ2v) is 6.25. The molecule has 84 valence electrons. The van der Waals surface area contributed by atoms with Crippen LogP contribution >= 0.6 is 0 Å². The predicted molar refractivity (Wildman–Crippen MR) is 63.5 cm³/mol. The molecule has 1 aliphatic rings. The summed E-state index contributed by atoms with van der Waals surface area (Å²) in [4.78, 5) is 2.66. The van der Waals surface area contributed by atoms with Gasteiger partial charge in [-0.05, 0) is 58.4 Å². The minimum Gasteiger partial charge on any atom is -0.298 e. The standard InChI is InChI=1S/C13H27N/c1-11(2)9-12-7-6-8-14(10-12)13(3,4)5/h11-12H,6-10H2,1-5H3/t12-/m1/s1. The summed E-state index contributed by atoms with van der Waals surface area (Å²) in [5, 5.41) is 0. The Labute approximate surface area is 89.9 Å². The lowest BCUT2D eigenvalue weighted by atomic mass is 9.87. The SMILES string of the molecule is CC(C)C[C@H]1CCCN(C(C)(C)C)C1. The molecule has 0 aromatic heterocycles. The van der Waals surface area contributed by atoms with Gasteiger partial charge in [-0.15, -0.1) is 0 Å². The molecule has 0 aromatic rings. The van der Waals surface area contributed by atoms with Crippen LogP contribution in [0.3, 0.4) is 0 Å². The van der Waals surface area contributed by atoms with Gasteiger partial charge in [-0.3, -0.25) is 4.90 Å². The van der Waals surface area contributed by atoms with Gasteiger partial charge in [0.2, 0.25) is 0 Å². The van der Waals surface area contributed by atoms with E-state index in [4.69, 9.17) is 0 Å². The Morgan fingerprint density at radius 1 is 1.29 bits per heavy atom. The van der Waals surface area contributed by atoms with E-state index in [0.29, 0.717) is 5.54 Å². The maximum absolute atomic E-state index is 2.66. The average molecular weight is 197 g/mol. The van der Waals surface area contributed by atoms with Crippen molar-refractivity contribution < 1.29 is 0 Å². The normalized spacial score (nSPS) is 25.7. The summed E-state index contributed by atoms with van der Waals surface area (Å²) in [5.41, 5.74) is 0.371. The second kappa shape index (κ2) is 4.65. The van der Waals surface area contributed by atoms with E-state index in [2.05, 4.69) is 39.5 Å². The fraction of sp³-hybridized carbons (Fsp3) is 1.00. The van der Waals surface area contributed by atoms with Gasteiger partial charge in [-0.25, -0.2) is 0 Å². The molecular weight excluding hydrogens is 170 g/mol. The largest absolute Gasteiger partial charge is 0.298 e. The molecule has 1 rings (SSSR count). The maximum atomic E-state index is 2.66. The van der Waals surface area contributed by atoms with Crippen LogP contribution in [0.15, 0.2) is 0 Å². The van der Waals surface area contributed by atoms with Gasteiger partial charge >= 0.3 is 0 Å². The minimum atomic E-state index is 0.371. The summed E-state index contributed by atoms with van der Waals surface area (Å²) in [6, 6.07) is 0. The van der Waals surface area contributed by atoms with Gasteiger partial charge in [0.05, 0.1) is 0 Å². The van der Waals surface area contributed by atoms with Gasteiger partial charge in [0, 0.05) is 12.1 Å². The van der Waals surface area contributed by atoms with E-state index in [1.807, 2.05) is 0 Å². The van der Waals surface area contributed by atoms with Crippen molar-refractivity contribution in [3.05, 3.63) is 0 Å². The molecule has 0 aromatic carbocycles. The molecule has 0 amide bonds. The van der Waals surface area contributed by atoms with Crippen LogP contribution in [0.4, 0.5) is 0 Å². The van der Waals surface area contributed by atoms with Crippen molar-refractivity contribution in [2.24, 2.45) is 11.8 Å². The molecule has 0 N–H and O–H groups in total. The molecule has 1 atom stereocenters. The molecule has 0 bridgehead atoms. The van der Waals surface area contributed by atoms with E-state index in [1.165, 1.54) is 32.4 Å². The van der Waals surface area contributed by atoms with E-state index in [-0.39, 0.29) is 0 Å². The highest BCUT2D eigenvalue weighted by atomic mass is 15.2. The fourth-order valence-electron chi connectivity index (χ4n) is 2.53. The number of rotatable bonds is 2. The van der Waals surface area contributed by atoms with Crippen molar-refractivity contribution in [1.82, 2.24) is 4.90 Å². The molecule has 0 saturated carbocycles. The van der Waals surface area contributed by atoms with E-state index >= 15 is 0 Å². The van der Waals surface area contributed by atoms with Crippen molar-refractivity contribution in [2.45, 2.75) is 59.4 Å². The third kappa shape index (κ3) is 3.61. The molecule has 1 heteroatoms. The molecule has 1 fully saturated rings. The molecule has 1 nitrogen and oxygen atoms in total. The number of likely N-dealkylation sites (tertiary alicyclic amines) is 1. The highest BCUT2D eigenvalue weighted by Gasteiger charge is 2.27. The summed E-state index contributed by atoms with van der Waals surface area (Å²) < 4.78 is 0. The Morgan fingerprint density at radius 3 is 2.43 bits per heavy atom. The molecule has 1 saturated heterocycles. The first kappa shape index (κ1) is 12.0. The van der Waals surface area contributed by atoms with Gasteiger partial charge in [0.1, 0.15) is 0 Å². The molecule has 0 radical (unpaired) electrons. The number of hydrogen-bond donors (Lipinski definition) is 0. The van der Waals surface area contributed by atoms with Crippen molar-refractivity contribution in [1.29, 1.82) is 0 Å². The number of hydrogen-bond acceptors (Lipinski definition) is 1. The van der Waals surface area contributed by atoms with Crippen LogP contribution < -0.4 is 0 Å². The molecule has 0 spiro atoms. The lowest BCUT2D eigenvalue weighted by Crippen LogP contribution is -2.47. The van der Waals surface area contributed by atoms with Crippen LogP contribution in [0.2, 0.25) is 0 Å². The monoisotopic (exact) mass is 197 g/mol. The lowest BCUT2D eigenvalue weighted by molar-refractivity contribution is 0.0722. The summed E-state index contributed by atoms with van der Waals surface area (Å²) in [5.74, 6) is 1.81. The van der Waals surface area contributed by atoms with Crippen molar-refractivity contribution >= 4 is 0 Å². The Morgan fingerprint density at radius 2 is 1.93 bits per heavy atom. The molecular formula is C13H27N. The van der Waals surface area contributed by atoms with Gasteiger partial charge in [-0.1, -0.05) is 13.8 Å². The predicted octanol–water partition coefficient (Wildman–Crippen LogP) is 3.54. The Balaban J connectivity index is 2.44. The van der Waals surface area contributed by atoms with Crippen LogP contribution in [0.1, 0.15) is 53.9 Å². The van der Waals surface area contributed by atoms with Gasteiger partial charge in [-0.2, -0.15) is 0 Å². The highest BCUT2D eigenvalue weighted by molar-refractivity contribution is 4.82. The van der Waals surface area contributed by atoms with Crippen LogP contribution in [0.25, 0.3) is 0 Å². The van der Waals surface area contributed by atoms with Crippen LogP contribution in [0, 0.1) is 11.8 Å². The van der Waals surface area contributed by atoms with Gasteiger partial charge in [0.25, 0.3) is 0 Å². The van der Waals surface area contributed by atoms with E-state index in [9.17, 15) is 0 Å². The highest BCUT2D eigenvalue weighted by Crippen LogP contribution is 2.27. The quantitative estimate of drug-likeness (QED) is 0.654. The lowest BCUT2D eigenvalue weighted by Gasteiger charge is -2.42. The third-order valence-electron chi connectivity index (χ3n) is 3.27. The molecule has 14 heavy (non-hydrogen) atoms. The fourth-order valence-corrected chi connectivity index (χ4v) is 2.53. The first-order valence-electron chi connectivity index (χ1n) is 6.14. The van der Waals surface area contributed by atoms with E-state index in [0.717, 1.165) is 11.8 Å². The Kier molecular flexibility index (Phi) is 4.00.